The SMILES string of the molecule is CC(C)(C)OC(=O)N1CCCCC1CNCCCN1CCCC1. The molecule has 0 aromatic heterocycles. The van der Waals surface area contributed by atoms with Gasteiger partial charge < -0.3 is 19.9 Å². The van der Waals surface area contributed by atoms with E-state index in [1.54, 1.807) is 0 Å². The van der Waals surface area contributed by atoms with E-state index in [2.05, 4.69) is 10.2 Å². The monoisotopic (exact) mass is 325 g/mol. The van der Waals surface area contributed by atoms with Gasteiger partial charge in [0, 0.05) is 19.1 Å². The summed E-state index contributed by atoms with van der Waals surface area (Å²) in [4.78, 5) is 16.8. The first-order chi connectivity index (χ1) is 11.0. The van der Waals surface area contributed by atoms with Crippen LogP contribution < -0.4 is 5.32 Å². The molecule has 0 bridgehead atoms. The molecule has 0 spiro atoms. The fourth-order valence-electron chi connectivity index (χ4n) is 3.48. The van der Waals surface area contributed by atoms with Crippen molar-refractivity contribution in [2.75, 3.05) is 39.3 Å². The van der Waals surface area contributed by atoms with Gasteiger partial charge in [-0.1, -0.05) is 0 Å². The first-order valence-electron chi connectivity index (χ1n) is 9.38. The standard InChI is InChI=1S/C18H35N3O2/c1-18(2,3)23-17(22)21-14-5-4-9-16(21)15-19-10-8-13-20-11-6-7-12-20/h16,19H,4-15H2,1-3H3. The van der Waals surface area contributed by atoms with Crippen molar-refractivity contribution in [3.63, 3.8) is 0 Å². The molecule has 2 rings (SSSR count). The highest BCUT2D eigenvalue weighted by atomic mass is 16.6. The predicted molar refractivity (Wildman–Crippen MR) is 93.7 cm³/mol. The van der Waals surface area contributed by atoms with Crippen molar-refractivity contribution in [2.45, 2.75) is 70.9 Å². The van der Waals surface area contributed by atoms with E-state index in [-0.39, 0.29) is 12.1 Å². The van der Waals surface area contributed by atoms with Gasteiger partial charge in [0.1, 0.15) is 5.60 Å². The van der Waals surface area contributed by atoms with E-state index in [0.717, 1.165) is 32.5 Å². The third kappa shape index (κ3) is 6.68. The molecule has 0 aromatic rings. The Labute approximate surface area is 141 Å². The van der Waals surface area contributed by atoms with Gasteiger partial charge in [-0.3, -0.25) is 0 Å². The van der Waals surface area contributed by atoms with Gasteiger partial charge in [-0.25, -0.2) is 4.79 Å². The lowest BCUT2D eigenvalue weighted by molar-refractivity contribution is 0.00996. The van der Waals surface area contributed by atoms with Crippen LogP contribution in [-0.2, 0) is 4.74 Å². The molecule has 1 N–H and O–H groups in total. The van der Waals surface area contributed by atoms with Gasteiger partial charge >= 0.3 is 6.09 Å². The summed E-state index contributed by atoms with van der Waals surface area (Å²) >= 11 is 0. The number of amides is 1. The molecule has 23 heavy (non-hydrogen) atoms. The molecule has 134 valence electrons. The zero-order valence-electron chi connectivity index (χ0n) is 15.3. The highest BCUT2D eigenvalue weighted by Crippen LogP contribution is 2.20. The maximum absolute atomic E-state index is 12.4. The van der Waals surface area contributed by atoms with E-state index in [0.29, 0.717) is 0 Å². The lowest BCUT2D eigenvalue weighted by atomic mass is 10.0. The van der Waals surface area contributed by atoms with Gasteiger partial charge in [0.05, 0.1) is 0 Å². The number of likely N-dealkylation sites (tertiary alicyclic amines) is 2. The first kappa shape index (κ1) is 18.5. The number of ether oxygens (including phenoxy) is 1. The van der Waals surface area contributed by atoms with E-state index in [1.165, 1.54) is 45.3 Å². The summed E-state index contributed by atoms with van der Waals surface area (Å²) in [6.07, 6.45) is 7.14. The average Bonchev–Trinajstić information content (AvgIpc) is 2.99. The van der Waals surface area contributed by atoms with Crippen LogP contribution in [0.4, 0.5) is 4.79 Å². The second-order valence-corrected chi connectivity index (χ2v) is 7.93. The highest BCUT2D eigenvalue weighted by Gasteiger charge is 2.30. The van der Waals surface area contributed by atoms with Crippen LogP contribution in [0.5, 0.6) is 0 Å². The number of hydrogen-bond acceptors (Lipinski definition) is 4. The lowest BCUT2D eigenvalue weighted by Gasteiger charge is -2.37. The lowest BCUT2D eigenvalue weighted by Crippen LogP contribution is -2.50. The Kier molecular flexibility index (Phi) is 7.15. The quantitative estimate of drug-likeness (QED) is 0.763. The fourth-order valence-corrected chi connectivity index (χ4v) is 3.48. The van der Waals surface area contributed by atoms with Gasteiger partial charge in [-0.15, -0.1) is 0 Å². The average molecular weight is 325 g/mol. The molecule has 1 unspecified atom stereocenters. The van der Waals surface area contributed by atoms with Crippen LogP contribution >= 0.6 is 0 Å². The molecular weight excluding hydrogens is 290 g/mol. The van der Waals surface area contributed by atoms with E-state index in [9.17, 15) is 4.79 Å². The van der Waals surface area contributed by atoms with Crippen molar-refractivity contribution in [3.05, 3.63) is 0 Å². The molecule has 5 nitrogen and oxygen atoms in total. The number of carbonyl (C=O) groups excluding carboxylic acids is 1. The second-order valence-electron chi connectivity index (χ2n) is 7.93. The number of piperidine rings is 1. The molecule has 2 saturated heterocycles. The van der Waals surface area contributed by atoms with E-state index >= 15 is 0 Å². The van der Waals surface area contributed by atoms with Crippen molar-refractivity contribution in [3.8, 4) is 0 Å². The van der Waals surface area contributed by atoms with Gasteiger partial charge in [0.2, 0.25) is 0 Å². The Morgan fingerprint density at radius 1 is 1.13 bits per heavy atom. The van der Waals surface area contributed by atoms with Gasteiger partial charge in [-0.05, 0) is 85.5 Å². The van der Waals surface area contributed by atoms with Crippen LogP contribution in [0.3, 0.4) is 0 Å². The van der Waals surface area contributed by atoms with Gasteiger partial charge in [0.25, 0.3) is 0 Å². The van der Waals surface area contributed by atoms with Crippen LogP contribution in [0.25, 0.3) is 0 Å². The molecule has 2 fully saturated rings. The molecule has 1 atom stereocenters. The summed E-state index contributed by atoms with van der Waals surface area (Å²) in [7, 11) is 0. The number of hydrogen-bond donors (Lipinski definition) is 1. The minimum Gasteiger partial charge on any atom is -0.444 e. The topological polar surface area (TPSA) is 44.8 Å². The van der Waals surface area contributed by atoms with Crippen LogP contribution in [0.2, 0.25) is 0 Å². The van der Waals surface area contributed by atoms with Gasteiger partial charge in [0.15, 0.2) is 0 Å². The number of nitrogens with one attached hydrogen (secondary N) is 1. The van der Waals surface area contributed by atoms with Crippen LogP contribution in [0.15, 0.2) is 0 Å². The smallest absolute Gasteiger partial charge is 0.410 e. The Hall–Kier alpha value is -0.810. The zero-order valence-corrected chi connectivity index (χ0v) is 15.3. The third-order valence-corrected chi connectivity index (χ3v) is 4.66. The first-order valence-corrected chi connectivity index (χ1v) is 9.38. The molecule has 5 heteroatoms. The molecular formula is C18H35N3O2. The van der Waals surface area contributed by atoms with Crippen LogP contribution in [0.1, 0.15) is 59.3 Å². The largest absolute Gasteiger partial charge is 0.444 e. The normalized spacial score (nSPS) is 23.3. The van der Waals surface area contributed by atoms with Crippen LogP contribution in [0, 0.1) is 0 Å². The summed E-state index contributed by atoms with van der Waals surface area (Å²) in [5.74, 6) is 0. The second kappa shape index (κ2) is 8.88. The maximum atomic E-state index is 12.4. The molecule has 0 aromatic carbocycles. The molecule has 2 aliphatic heterocycles. The summed E-state index contributed by atoms with van der Waals surface area (Å²) in [6, 6.07) is 0.283. The predicted octanol–water partition coefficient (Wildman–Crippen LogP) is 2.85. The summed E-state index contributed by atoms with van der Waals surface area (Å²) < 4.78 is 5.55. The Morgan fingerprint density at radius 2 is 1.83 bits per heavy atom. The van der Waals surface area contributed by atoms with E-state index in [4.69, 9.17) is 4.74 Å². The number of rotatable bonds is 6. The van der Waals surface area contributed by atoms with E-state index < -0.39 is 5.60 Å². The fraction of sp³-hybridized carbons (Fsp3) is 0.944. The summed E-state index contributed by atoms with van der Waals surface area (Å²) in [5.41, 5.74) is -0.414. The summed E-state index contributed by atoms with van der Waals surface area (Å²) in [5, 5.41) is 3.55. The Balaban J connectivity index is 1.67. The van der Waals surface area contributed by atoms with Crippen molar-refractivity contribution >= 4 is 6.09 Å². The Morgan fingerprint density at radius 3 is 2.52 bits per heavy atom. The minimum absolute atomic E-state index is 0.152. The van der Waals surface area contributed by atoms with Crippen molar-refractivity contribution in [1.29, 1.82) is 0 Å². The molecule has 1 amide bonds. The Bertz CT molecular complexity index is 362. The van der Waals surface area contributed by atoms with Gasteiger partial charge in [-0.2, -0.15) is 0 Å². The maximum Gasteiger partial charge on any atom is 0.410 e. The number of nitrogens with zero attached hydrogens (tertiary/aromatic N) is 2. The van der Waals surface area contributed by atoms with Crippen molar-refractivity contribution in [2.24, 2.45) is 0 Å². The molecule has 0 aliphatic carbocycles. The molecule has 2 heterocycles. The van der Waals surface area contributed by atoms with Crippen molar-refractivity contribution in [1.82, 2.24) is 15.1 Å². The zero-order chi connectivity index (χ0) is 16.7. The van der Waals surface area contributed by atoms with E-state index in [1.807, 2.05) is 25.7 Å². The minimum atomic E-state index is -0.414. The third-order valence-electron chi connectivity index (χ3n) is 4.66. The number of carbonyl (C=O) groups is 1. The molecule has 0 radical (unpaired) electrons. The molecule has 2 aliphatic rings. The van der Waals surface area contributed by atoms with Crippen molar-refractivity contribution < 1.29 is 9.53 Å². The summed E-state index contributed by atoms with van der Waals surface area (Å²) in [6.45, 7) is 12.3. The highest BCUT2D eigenvalue weighted by molar-refractivity contribution is 5.68. The van der Waals surface area contributed by atoms with Crippen LogP contribution in [-0.4, -0.2) is 66.8 Å². The molecule has 0 saturated carbocycles.